The predicted molar refractivity (Wildman–Crippen MR) is 163 cm³/mol. The molecule has 240 valence electrons. The molecule has 2 aliphatic rings. The van der Waals surface area contributed by atoms with Gasteiger partial charge in [0.05, 0.1) is 6.54 Å². The van der Waals surface area contributed by atoms with Crippen LogP contribution < -0.4 is 10.1 Å². The number of hydrogen-bond acceptors (Lipinski definition) is 7. The number of nitrogens with zero attached hydrogens (tertiary/aromatic N) is 4. The van der Waals surface area contributed by atoms with Crippen molar-refractivity contribution in [3.8, 4) is 23.0 Å². The van der Waals surface area contributed by atoms with Gasteiger partial charge in [-0.1, -0.05) is 41.6 Å². The van der Waals surface area contributed by atoms with E-state index in [0.717, 1.165) is 16.7 Å². The second kappa shape index (κ2) is 13.3. The highest BCUT2D eigenvalue weighted by Gasteiger charge is 2.33. The number of rotatable bonds is 9. The highest BCUT2D eigenvalue weighted by atomic mass is 19.4. The number of carbonyl (C=O) groups is 2. The van der Waals surface area contributed by atoms with Crippen LogP contribution >= 0.6 is 0 Å². The average molecular weight is 634 g/mol. The van der Waals surface area contributed by atoms with Crippen LogP contribution in [0.1, 0.15) is 52.5 Å². The molecule has 4 aromatic rings. The van der Waals surface area contributed by atoms with E-state index in [9.17, 15) is 22.8 Å². The first-order valence-corrected chi connectivity index (χ1v) is 15.2. The van der Waals surface area contributed by atoms with Crippen molar-refractivity contribution in [1.29, 1.82) is 0 Å². The van der Waals surface area contributed by atoms with E-state index >= 15 is 0 Å². The summed E-state index contributed by atoms with van der Waals surface area (Å²) in [6.45, 7) is 2.16. The highest BCUT2D eigenvalue weighted by molar-refractivity contribution is 5.95. The topological polar surface area (TPSA) is 101 Å². The van der Waals surface area contributed by atoms with E-state index < -0.39 is 12.7 Å². The molecule has 2 saturated heterocycles. The van der Waals surface area contributed by atoms with Crippen LogP contribution in [0.15, 0.2) is 77.3 Å². The van der Waals surface area contributed by atoms with Crippen molar-refractivity contribution in [2.75, 3.05) is 26.2 Å². The number of amides is 2. The lowest BCUT2D eigenvalue weighted by Crippen LogP contribution is -2.47. The fraction of sp³-hybridized carbons (Fsp3) is 0.353. The minimum Gasteiger partial charge on any atom is -0.457 e. The van der Waals surface area contributed by atoms with E-state index in [1.165, 1.54) is 4.90 Å². The van der Waals surface area contributed by atoms with Gasteiger partial charge in [-0.05, 0) is 61.7 Å². The normalized spacial score (nSPS) is 17.8. The van der Waals surface area contributed by atoms with Gasteiger partial charge in [-0.25, -0.2) is 0 Å². The predicted octanol–water partition coefficient (Wildman–Crippen LogP) is 6.11. The van der Waals surface area contributed by atoms with E-state index in [2.05, 4.69) is 15.5 Å². The molecule has 3 heterocycles. The Bertz CT molecular complexity index is 1670. The summed E-state index contributed by atoms with van der Waals surface area (Å²) in [6, 6.07) is 21.9. The van der Waals surface area contributed by atoms with Crippen LogP contribution in [-0.4, -0.2) is 70.2 Å². The molecule has 0 unspecified atom stereocenters. The Morgan fingerprint density at radius 3 is 2.46 bits per heavy atom. The first-order chi connectivity index (χ1) is 22.1. The largest absolute Gasteiger partial charge is 0.457 e. The third kappa shape index (κ3) is 7.74. The lowest BCUT2D eigenvalue weighted by molar-refractivity contribution is -0.148. The van der Waals surface area contributed by atoms with Crippen LogP contribution in [0.3, 0.4) is 0 Å². The summed E-state index contributed by atoms with van der Waals surface area (Å²) in [5, 5.41) is 6.80. The Kier molecular flexibility index (Phi) is 9.07. The first-order valence-electron chi connectivity index (χ1n) is 15.2. The average Bonchev–Trinajstić information content (AvgIpc) is 3.64. The van der Waals surface area contributed by atoms with Gasteiger partial charge in [0.1, 0.15) is 11.5 Å². The minimum atomic E-state index is -4.25. The van der Waals surface area contributed by atoms with Crippen molar-refractivity contribution in [2.45, 2.75) is 50.9 Å². The van der Waals surface area contributed by atoms with Crippen LogP contribution in [0.4, 0.5) is 13.2 Å². The van der Waals surface area contributed by atoms with E-state index in [4.69, 9.17) is 9.26 Å². The number of carbonyl (C=O) groups excluding carboxylic acids is 2. The molecular weight excluding hydrogens is 599 g/mol. The van der Waals surface area contributed by atoms with Crippen molar-refractivity contribution in [1.82, 2.24) is 25.3 Å². The van der Waals surface area contributed by atoms with Crippen molar-refractivity contribution >= 4 is 11.8 Å². The van der Waals surface area contributed by atoms with Crippen LogP contribution in [0.2, 0.25) is 0 Å². The number of nitrogens with one attached hydrogen (secondary N) is 1. The quantitative estimate of drug-likeness (QED) is 0.237. The van der Waals surface area contributed by atoms with Gasteiger partial charge in [0.25, 0.3) is 11.8 Å². The Labute approximate surface area is 264 Å². The van der Waals surface area contributed by atoms with Crippen LogP contribution in [-0.2, 0) is 11.3 Å². The zero-order valence-electron chi connectivity index (χ0n) is 25.3. The number of aryl methyl sites for hydroxylation is 1. The number of ether oxygens (including phenoxy) is 1. The molecule has 9 nitrogen and oxygen atoms in total. The summed E-state index contributed by atoms with van der Waals surface area (Å²) in [5.41, 5.74) is 2.92. The summed E-state index contributed by atoms with van der Waals surface area (Å²) in [4.78, 5) is 33.7. The third-order valence-electron chi connectivity index (χ3n) is 8.36. The molecule has 12 heteroatoms. The summed E-state index contributed by atoms with van der Waals surface area (Å²) in [7, 11) is 0. The van der Waals surface area contributed by atoms with Crippen molar-refractivity contribution in [2.24, 2.45) is 0 Å². The minimum absolute atomic E-state index is 0.0395. The molecule has 0 aliphatic carbocycles. The zero-order chi connectivity index (χ0) is 32.3. The second-order valence-electron chi connectivity index (χ2n) is 11.8. The van der Waals surface area contributed by atoms with Gasteiger partial charge in [-0.2, -0.15) is 18.2 Å². The van der Waals surface area contributed by atoms with E-state index in [0.29, 0.717) is 61.1 Å². The van der Waals surface area contributed by atoms with Crippen molar-refractivity contribution < 1.29 is 32.0 Å². The smallest absolute Gasteiger partial charge is 0.401 e. The molecule has 46 heavy (non-hydrogen) atoms. The number of halogens is 3. The lowest BCUT2D eigenvalue weighted by atomic mass is 9.98. The number of hydrogen-bond donors (Lipinski definition) is 1. The SMILES string of the molecule is Cc1noc(-c2ccc(Oc3cc(C(=O)NC4CCN(CC(F)(F)F)CC4)ccc3CN3C[C@H](c4ccccc4)CC3=O)cc2)n1. The number of piperidine rings is 1. The zero-order valence-corrected chi connectivity index (χ0v) is 25.3. The molecular formula is C34H34F3N5O4. The van der Waals surface area contributed by atoms with Gasteiger partial charge in [-0.15, -0.1) is 0 Å². The second-order valence-corrected chi connectivity index (χ2v) is 11.8. The van der Waals surface area contributed by atoms with Crippen molar-refractivity contribution in [3.05, 3.63) is 95.3 Å². The molecule has 1 N–H and O–H groups in total. The van der Waals surface area contributed by atoms with Gasteiger partial charge >= 0.3 is 6.18 Å². The molecule has 2 fully saturated rings. The third-order valence-corrected chi connectivity index (χ3v) is 8.36. The van der Waals surface area contributed by atoms with Crippen LogP contribution in [0.25, 0.3) is 11.5 Å². The Morgan fingerprint density at radius 2 is 1.78 bits per heavy atom. The summed E-state index contributed by atoms with van der Waals surface area (Å²) in [6.07, 6.45) is -2.98. The number of likely N-dealkylation sites (tertiary alicyclic amines) is 2. The van der Waals surface area contributed by atoms with Gasteiger partial charge in [0, 0.05) is 61.2 Å². The molecule has 0 spiro atoms. The standard InChI is InChI=1S/C34H34F3N5O4/c1-22-38-33(46-40-22)24-9-11-29(12-10-24)45-30-17-25(32(44)39-28-13-15-41(16-14-28)21-34(35,36)37)7-8-26(30)19-42-20-27(18-31(42)43)23-5-3-2-4-6-23/h2-12,17,27-28H,13-16,18-21H2,1H3,(H,39,44)/t27-/m1/s1. The van der Waals surface area contributed by atoms with Gasteiger partial charge in [-0.3, -0.25) is 14.5 Å². The summed E-state index contributed by atoms with van der Waals surface area (Å²) >= 11 is 0. The molecule has 0 saturated carbocycles. The summed E-state index contributed by atoms with van der Waals surface area (Å²) in [5.74, 6) is 1.62. The molecule has 6 rings (SSSR count). The van der Waals surface area contributed by atoms with Crippen LogP contribution in [0, 0.1) is 6.92 Å². The lowest BCUT2D eigenvalue weighted by Gasteiger charge is -2.32. The monoisotopic (exact) mass is 633 g/mol. The molecule has 2 amide bonds. The fourth-order valence-electron chi connectivity index (χ4n) is 5.97. The number of aromatic nitrogens is 2. The highest BCUT2D eigenvalue weighted by Crippen LogP contribution is 2.33. The molecule has 0 radical (unpaired) electrons. The number of alkyl halides is 3. The molecule has 1 atom stereocenters. The molecule has 0 bridgehead atoms. The van der Waals surface area contributed by atoms with E-state index in [1.54, 1.807) is 54.3 Å². The van der Waals surface area contributed by atoms with Crippen LogP contribution in [0.5, 0.6) is 11.5 Å². The van der Waals surface area contributed by atoms with Gasteiger partial charge in [0.2, 0.25) is 5.91 Å². The van der Waals surface area contributed by atoms with E-state index in [-0.39, 0.29) is 36.9 Å². The van der Waals surface area contributed by atoms with Gasteiger partial charge < -0.3 is 19.5 Å². The molecule has 2 aliphatic heterocycles. The number of benzene rings is 3. The maximum Gasteiger partial charge on any atom is 0.401 e. The maximum absolute atomic E-state index is 13.3. The van der Waals surface area contributed by atoms with Crippen molar-refractivity contribution in [3.63, 3.8) is 0 Å². The fourth-order valence-corrected chi connectivity index (χ4v) is 5.97. The Morgan fingerprint density at radius 1 is 1.04 bits per heavy atom. The molecule has 3 aromatic carbocycles. The van der Waals surface area contributed by atoms with Gasteiger partial charge in [0.15, 0.2) is 5.82 Å². The first kappa shape index (κ1) is 31.3. The Balaban J connectivity index is 1.19. The molecule has 1 aromatic heterocycles. The Hall–Kier alpha value is -4.71. The van der Waals surface area contributed by atoms with E-state index in [1.807, 2.05) is 30.3 Å². The maximum atomic E-state index is 13.3. The summed E-state index contributed by atoms with van der Waals surface area (Å²) < 4.78 is 49.9.